The molecule has 1 heterocycles. The molecule has 0 aliphatic carbocycles. The Kier molecular flexibility index (Phi) is 6.38. The summed E-state index contributed by atoms with van der Waals surface area (Å²) in [5.41, 5.74) is 2.17. The smallest absolute Gasteiger partial charge is 0.269 e. The molecule has 168 valence electrons. The van der Waals surface area contributed by atoms with Gasteiger partial charge in [-0.2, -0.15) is 5.26 Å². The zero-order chi connectivity index (χ0) is 24.2. The van der Waals surface area contributed by atoms with Gasteiger partial charge in [-0.1, -0.05) is 23.9 Å². The second-order valence-electron chi connectivity index (χ2n) is 7.30. The molecule has 0 fully saturated rings. The minimum absolute atomic E-state index is 0.0442. The highest BCUT2D eigenvalue weighted by Crippen LogP contribution is 2.24. The molecule has 10 heteroatoms. The van der Waals surface area contributed by atoms with Gasteiger partial charge >= 0.3 is 0 Å². The second kappa shape index (κ2) is 9.56. The van der Waals surface area contributed by atoms with Crippen LogP contribution in [0.25, 0.3) is 16.6 Å². The van der Waals surface area contributed by atoms with Crippen molar-refractivity contribution in [3.63, 3.8) is 0 Å². The monoisotopic (exact) mass is 471 g/mol. The molecule has 4 aromatic rings. The maximum absolute atomic E-state index is 13.3. The summed E-state index contributed by atoms with van der Waals surface area (Å²) in [5.74, 6) is -0.395. The van der Waals surface area contributed by atoms with Crippen LogP contribution in [0.3, 0.4) is 0 Å². The van der Waals surface area contributed by atoms with Crippen LogP contribution in [0.5, 0.6) is 0 Å². The fourth-order valence-corrected chi connectivity index (χ4v) is 4.15. The van der Waals surface area contributed by atoms with E-state index in [9.17, 15) is 19.7 Å². The first kappa shape index (κ1) is 22.7. The molecule has 1 aromatic heterocycles. The second-order valence-corrected chi connectivity index (χ2v) is 8.25. The topological polar surface area (TPSA) is 131 Å². The Balaban J connectivity index is 1.63. The molecule has 0 radical (unpaired) electrons. The SMILES string of the molecule is Cc1cc([N+](=O)[O-])ccc1NC(=O)CSc1nc2ccccc2c(=O)n1-c1ccc(C#N)cc1. The number of nitriles is 1. The number of hydrogen-bond acceptors (Lipinski definition) is 7. The van der Waals surface area contributed by atoms with Crippen molar-refractivity contribution in [1.29, 1.82) is 5.26 Å². The van der Waals surface area contributed by atoms with Crippen LogP contribution in [0.2, 0.25) is 0 Å². The van der Waals surface area contributed by atoms with Crippen LogP contribution < -0.4 is 10.9 Å². The Morgan fingerprint density at radius 3 is 2.59 bits per heavy atom. The summed E-state index contributed by atoms with van der Waals surface area (Å²) in [4.78, 5) is 40.9. The molecule has 0 aliphatic heterocycles. The minimum Gasteiger partial charge on any atom is -0.325 e. The molecule has 0 saturated carbocycles. The van der Waals surface area contributed by atoms with E-state index in [0.29, 0.717) is 38.6 Å². The van der Waals surface area contributed by atoms with E-state index in [1.165, 1.54) is 22.8 Å². The summed E-state index contributed by atoms with van der Waals surface area (Å²) in [7, 11) is 0. The molecule has 0 aliphatic rings. The van der Waals surface area contributed by atoms with Gasteiger partial charge in [-0.15, -0.1) is 0 Å². The summed E-state index contributed by atoms with van der Waals surface area (Å²) in [6.07, 6.45) is 0. The zero-order valence-electron chi connectivity index (χ0n) is 17.9. The van der Waals surface area contributed by atoms with E-state index in [1.54, 1.807) is 55.5 Å². The van der Waals surface area contributed by atoms with E-state index in [2.05, 4.69) is 10.3 Å². The average Bonchev–Trinajstić information content (AvgIpc) is 2.84. The molecule has 0 saturated heterocycles. The van der Waals surface area contributed by atoms with Gasteiger partial charge < -0.3 is 5.32 Å². The Hall–Kier alpha value is -4.49. The largest absolute Gasteiger partial charge is 0.325 e. The summed E-state index contributed by atoms with van der Waals surface area (Å²) >= 11 is 1.09. The van der Waals surface area contributed by atoms with Crippen molar-refractivity contribution in [1.82, 2.24) is 9.55 Å². The zero-order valence-corrected chi connectivity index (χ0v) is 18.7. The fourth-order valence-electron chi connectivity index (χ4n) is 3.34. The van der Waals surface area contributed by atoms with Crippen LogP contribution in [-0.4, -0.2) is 26.1 Å². The third kappa shape index (κ3) is 4.65. The van der Waals surface area contributed by atoms with E-state index in [-0.39, 0.29) is 22.9 Å². The number of anilines is 1. The standard InChI is InChI=1S/C24H17N5O4S/c1-15-12-18(29(32)33)10-11-20(15)26-22(30)14-34-24-27-21-5-3-2-4-19(21)23(31)28(24)17-8-6-16(13-25)7-9-17/h2-12H,14H2,1H3,(H,26,30). The Bertz CT molecular complexity index is 1520. The summed E-state index contributed by atoms with van der Waals surface area (Å²) in [6.45, 7) is 1.67. The number of rotatable bonds is 6. The lowest BCUT2D eigenvalue weighted by Crippen LogP contribution is -2.23. The van der Waals surface area contributed by atoms with Crippen LogP contribution in [0.1, 0.15) is 11.1 Å². The number of nitro groups is 1. The quantitative estimate of drug-likeness (QED) is 0.193. The van der Waals surface area contributed by atoms with Gasteiger partial charge in [0.2, 0.25) is 5.91 Å². The van der Waals surface area contributed by atoms with Crippen molar-refractivity contribution in [3.8, 4) is 11.8 Å². The van der Waals surface area contributed by atoms with Crippen molar-refractivity contribution in [2.75, 3.05) is 11.1 Å². The Labute approximate surface area is 197 Å². The molecular weight excluding hydrogens is 454 g/mol. The lowest BCUT2D eigenvalue weighted by Gasteiger charge is -2.13. The van der Waals surface area contributed by atoms with Gasteiger partial charge in [0.05, 0.1) is 38.9 Å². The lowest BCUT2D eigenvalue weighted by atomic mass is 10.2. The molecule has 0 bridgehead atoms. The van der Waals surface area contributed by atoms with Gasteiger partial charge in [0.25, 0.3) is 11.2 Å². The molecule has 9 nitrogen and oxygen atoms in total. The number of nitro benzene ring substituents is 1. The Morgan fingerprint density at radius 2 is 1.91 bits per heavy atom. The fraction of sp³-hybridized carbons (Fsp3) is 0.0833. The van der Waals surface area contributed by atoms with Crippen molar-refractivity contribution < 1.29 is 9.72 Å². The maximum atomic E-state index is 13.3. The number of carbonyl (C=O) groups excluding carboxylic acids is 1. The van der Waals surface area contributed by atoms with Gasteiger partial charge in [-0.05, 0) is 55.0 Å². The number of amides is 1. The van der Waals surface area contributed by atoms with E-state index in [4.69, 9.17) is 5.26 Å². The number of nitrogens with zero attached hydrogens (tertiary/aromatic N) is 4. The number of aryl methyl sites for hydroxylation is 1. The van der Waals surface area contributed by atoms with E-state index < -0.39 is 4.92 Å². The number of hydrogen-bond donors (Lipinski definition) is 1. The minimum atomic E-state index is -0.498. The maximum Gasteiger partial charge on any atom is 0.269 e. The van der Waals surface area contributed by atoms with Gasteiger partial charge in [0.1, 0.15) is 0 Å². The number of fused-ring (bicyclic) bond motifs is 1. The number of nitrogens with one attached hydrogen (secondary N) is 1. The number of thioether (sulfide) groups is 1. The number of aromatic nitrogens is 2. The summed E-state index contributed by atoms with van der Waals surface area (Å²) in [6, 6.07) is 19.7. The molecule has 1 N–H and O–H groups in total. The van der Waals surface area contributed by atoms with Crippen LogP contribution in [-0.2, 0) is 4.79 Å². The van der Waals surface area contributed by atoms with Gasteiger partial charge in [0.15, 0.2) is 5.16 Å². The molecular formula is C24H17N5O4S. The molecule has 4 rings (SSSR count). The number of carbonyl (C=O) groups is 1. The highest BCUT2D eigenvalue weighted by Gasteiger charge is 2.16. The van der Waals surface area contributed by atoms with Crippen molar-refractivity contribution in [2.24, 2.45) is 0 Å². The molecule has 3 aromatic carbocycles. The van der Waals surface area contributed by atoms with Crippen molar-refractivity contribution >= 4 is 39.9 Å². The van der Waals surface area contributed by atoms with Crippen LogP contribution in [0, 0.1) is 28.4 Å². The first-order chi connectivity index (χ1) is 16.4. The molecule has 0 atom stereocenters. The van der Waals surface area contributed by atoms with Gasteiger partial charge in [-0.3, -0.25) is 24.3 Å². The predicted octanol–water partition coefficient (Wildman–Crippen LogP) is 4.20. The average molecular weight is 471 g/mol. The molecule has 1 amide bonds. The van der Waals surface area contributed by atoms with Crippen LogP contribution in [0.15, 0.2) is 76.7 Å². The normalized spacial score (nSPS) is 10.6. The highest BCUT2D eigenvalue weighted by atomic mass is 32.2. The molecule has 34 heavy (non-hydrogen) atoms. The van der Waals surface area contributed by atoms with Gasteiger partial charge in [-0.25, -0.2) is 4.98 Å². The van der Waals surface area contributed by atoms with Crippen molar-refractivity contribution in [2.45, 2.75) is 12.1 Å². The first-order valence-electron chi connectivity index (χ1n) is 10.1. The third-order valence-corrected chi connectivity index (χ3v) is 5.97. The predicted molar refractivity (Wildman–Crippen MR) is 129 cm³/mol. The van der Waals surface area contributed by atoms with Crippen LogP contribution in [0.4, 0.5) is 11.4 Å². The Morgan fingerprint density at radius 1 is 1.18 bits per heavy atom. The number of para-hydroxylation sites is 1. The van der Waals surface area contributed by atoms with E-state index in [0.717, 1.165) is 11.8 Å². The lowest BCUT2D eigenvalue weighted by molar-refractivity contribution is -0.384. The highest BCUT2D eigenvalue weighted by molar-refractivity contribution is 7.99. The molecule has 0 unspecified atom stereocenters. The summed E-state index contributed by atoms with van der Waals surface area (Å²) < 4.78 is 1.42. The first-order valence-corrected chi connectivity index (χ1v) is 11.1. The van der Waals surface area contributed by atoms with Crippen molar-refractivity contribution in [3.05, 3.63) is 98.3 Å². The van der Waals surface area contributed by atoms with Gasteiger partial charge in [0, 0.05) is 17.8 Å². The molecule has 0 spiro atoms. The third-order valence-electron chi connectivity index (χ3n) is 5.03. The number of benzene rings is 3. The van der Waals surface area contributed by atoms with Crippen LogP contribution >= 0.6 is 11.8 Å². The number of non-ortho nitro benzene ring substituents is 1. The van der Waals surface area contributed by atoms with E-state index in [1.807, 2.05) is 6.07 Å². The summed E-state index contributed by atoms with van der Waals surface area (Å²) in [5, 5.41) is 23.5. The van der Waals surface area contributed by atoms with E-state index >= 15 is 0 Å².